The Bertz CT molecular complexity index is 498. The van der Waals surface area contributed by atoms with Gasteiger partial charge in [-0.3, -0.25) is 4.79 Å². The van der Waals surface area contributed by atoms with Crippen molar-refractivity contribution in [2.75, 3.05) is 13.1 Å². The molecule has 0 bridgehead atoms. The molecule has 1 aromatic rings. The van der Waals surface area contributed by atoms with Gasteiger partial charge in [-0.2, -0.15) is 0 Å². The number of carboxylic acid groups (broad SMARTS) is 1. The first-order chi connectivity index (χ1) is 9.36. The minimum Gasteiger partial charge on any atom is -0.480 e. The number of hydrogen-bond donors (Lipinski definition) is 2. The van der Waals surface area contributed by atoms with Gasteiger partial charge in [0.05, 0.1) is 0 Å². The summed E-state index contributed by atoms with van der Waals surface area (Å²) in [5.74, 6) is -1.30. The predicted molar refractivity (Wildman–Crippen MR) is 77.6 cm³/mol. The Hall–Kier alpha value is -1.88. The maximum atomic E-state index is 12.6. The fourth-order valence-electron chi connectivity index (χ4n) is 2.16. The highest BCUT2D eigenvalue weighted by atomic mass is 16.4. The maximum absolute atomic E-state index is 12.6. The van der Waals surface area contributed by atoms with E-state index < -0.39 is 11.5 Å². The number of nitrogens with two attached hydrogens (primary N) is 1. The number of carbonyl (C=O) groups excluding carboxylic acids is 1. The fraction of sp³-hybridized carbons (Fsp3) is 0.467. The molecule has 0 unspecified atom stereocenters. The van der Waals surface area contributed by atoms with Crippen molar-refractivity contribution in [1.29, 1.82) is 0 Å². The minimum atomic E-state index is -1.25. The first-order valence-corrected chi connectivity index (χ1v) is 6.69. The predicted octanol–water partition coefficient (Wildman–Crippen LogP) is 1.51. The van der Waals surface area contributed by atoms with E-state index in [1.165, 1.54) is 18.7 Å². The number of rotatable bonds is 6. The van der Waals surface area contributed by atoms with Crippen LogP contribution >= 0.6 is 0 Å². The van der Waals surface area contributed by atoms with Crippen molar-refractivity contribution in [2.45, 2.75) is 32.7 Å². The molecule has 3 N–H and O–H groups in total. The zero-order valence-corrected chi connectivity index (χ0v) is 12.2. The van der Waals surface area contributed by atoms with Crippen LogP contribution in [-0.2, 0) is 11.2 Å². The number of likely N-dealkylation sites (N-methyl/N-ethyl adjacent to an activating group) is 1. The number of carbonyl (C=O) groups is 2. The highest BCUT2D eigenvalue weighted by molar-refractivity contribution is 5.98. The van der Waals surface area contributed by atoms with Crippen LogP contribution < -0.4 is 5.73 Å². The molecule has 0 heterocycles. The summed E-state index contributed by atoms with van der Waals surface area (Å²) in [4.78, 5) is 25.4. The molecule has 0 aliphatic rings. The zero-order valence-electron chi connectivity index (χ0n) is 12.2. The minimum absolute atomic E-state index is 0.274. The first kappa shape index (κ1) is 16.2. The Labute approximate surface area is 119 Å². The lowest BCUT2D eigenvalue weighted by Crippen LogP contribution is -2.53. The SMILES string of the molecule is CCN(C(=O)c1ccccc1CCN)C(C)(C)C(=O)O. The molecule has 0 fully saturated rings. The Morgan fingerprint density at radius 1 is 1.30 bits per heavy atom. The van der Waals surface area contributed by atoms with Gasteiger partial charge in [-0.25, -0.2) is 4.79 Å². The quantitative estimate of drug-likeness (QED) is 0.826. The number of nitrogens with zero attached hydrogens (tertiary/aromatic N) is 1. The van der Waals surface area contributed by atoms with E-state index in [0.29, 0.717) is 25.1 Å². The van der Waals surface area contributed by atoms with E-state index in [-0.39, 0.29) is 5.91 Å². The monoisotopic (exact) mass is 278 g/mol. The molecule has 0 radical (unpaired) electrons. The molecule has 1 rings (SSSR count). The largest absolute Gasteiger partial charge is 0.480 e. The molecule has 5 nitrogen and oxygen atoms in total. The summed E-state index contributed by atoms with van der Waals surface area (Å²) in [5.41, 5.74) is 5.67. The normalized spacial score (nSPS) is 11.2. The van der Waals surface area contributed by atoms with Crippen molar-refractivity contribution in [1.82, 2.24) is 4.90 Å². The third-order valence-electron chi connectivity index (χ3n) is 3.42. The van der Waals surface area contributed by atoms with Crippen molar-refractivity contribution < 1.29 is 14.7 Å². The van der Waals surface area contributed by atoms with Gasteiger partial charge in [-0.05, 0) is 45.4 Å². The van der Waals surface area contributed by atoms with Gasteiger partial charge in [0.25, 0.3) is 5.91 Å². The lowest BCUT2D eigenvalue weighted by atomic mass is 9.98. The first-order valence-electron chi connectivity index (χ1n) is 6.69. The van der Waals surface area contributed by atoms with Crippen molar-refractivity contribution in [3.8, 4) is 0 Å². The Kier molecular flexibility index (Phi) is 5.27. The average Bonchev–Trinajstić information content (AvgIpc) is 2.40. The molecular formula is C15H22N2O3. The molecule has 5 heteroatoms. The third kappa shape index (κ3) is 3.17. The van der Waals surface area contributed by atoms with Crippen molar-refractivity contribution in [3.63, 3.8) is 0 Å². The van der Waals surface area contributed by atoms with Crippen molar-refractivity contribution in [2.24, 2.45) is 5.73 Å². The molecule has 1 aromatic carbocycles. The molecule has 0 spiro atoms. The van der Waals surface area contributed by atoms with Crippen LogP contribution in [0, 0.1) is 0 Å². The Balaban J connectivity index is 3.19. The summed E-state index contributed by atoms with van der Waals surface area (Å²) in [6.07, 6.45) is 0.590. The van der Waals surface area contributed by atoms with Gasteiger partial charge in [0, 0.05) is 12.1 Å². The van der Waals surface area contributed by atoms with Crippen LogP contribution in [0.15, 0.2) is 24.3 Å². The second-order valence-electron chi connectivity index (χ2n) is 5.11. The van der Waals surface area contributed by atoms with Crippen LogP contribution in [0.3, 0.4) is 0 Å². The summed E-state index contributed by atoms with van der Waals surface area (Å²) in [5, 5.41) is 9.30. The van der Waals surface area contributed by atoms with E-state index in [0.717, 1.165) is 5.56 Å². The van der Waals surface area contributed by atoms with Crippen molar-refractivity contribution >= 4 is 11.9 Å². The number of carboxylic acids is 1. The lowest BCUT2D eigenvalue weighted by molar-refractivity contribution is -0.147. The maximum Gasteiger partial charge on any atom is 0.329 e. The molecule has 0 saturated carbocycles. The van der Waals surface area contributed by atoms with Crippen LogP contribution in [0.4, 0.5) is 0 Å². The van der Waals surface area contributed by atoms with Gasteiger partial charge in [0.15, 0.2) is 0 Å². The highest BCUT2D eigenvalue weighted by Gasteiger charge is 2.37. The molecule has 110 valence electrons. The van der Waals surface area contributed by atoms with Crippen LogP contribution in [-0.4, -0.2) is 40.5 Å². The summed E-state index contributed by atoms with van der Waals surface area (Å²) < 4.78 is 0. The number of hydrogen-bond acceptors (Lipinski definition) is 3. The van der Waals surface area contributed by atoms with Gasteiger partial charge in [0.1, 0.15) is 5.54 Å². The van der Waals surface area contributed by atoms with Crippen LogP contribution in [0.5, 0.6) is 0 Å². The smallest absolute Gasteiger partial charge is 0.329 e. The summed E-state index contributed by atoms with van der Waals surface area (Å²) in [7, 11) is 0. The molecular weight excluding hydrogens is 256 g/mol. The summed E-state index contributed by atoms with van der Waals surface area (Å²) in [6, 6.07) is 7.19. The van der Waals surface area contributed by atoms with Gasteiger partial charge < -0.3 is 15.7 Å². The van der Waals surface area contributed by atoms with Gasteiger partial charge in [-0.1, -0.05) is 18.2 Å². The molecule has 0 aromatic heterocycles. The molecule has 0 saturated heterocycles. The summed E-state index contributed by atoms with van der Waals surface area (Å²) >= 11 is 0. The van der Waals surface area contributed by atoms with E-state index in [9.17, 15) is 14.7 Å². The van der Waals surface area contributed by atoms with E-state index in [2.05, 4.69) is 0 Å². The topological polar surface area (TPSA) is 83.6 Å². The highest BCUT2D eigenvalue weighted by Crippen LogP contribution is 2.20. The Morgan fingerprint density at radius 2 is 1.90 bits per heavy atom. The second kappa shape index (κ2) is 6.52. The fourth-order valence-corrected chi connectivity index (χ4v) is 2.16. The number of aliphatic carboxylic acids is 1. The number of benzene rings is 1. The Morgan fingerprint density at radius 3 is 2.40 bits per heavy atom. The third-order valence-corrected chi connectivity index (χ3v) is 3.42. The van der Waals surface area contributed by atoms with Gasteiger partial charge in [-0.15, -0.1) is 0 Å². The standard InChI is InChI=1S/C15H22N2O3/c1-4-17(15(2,3)14(19)20)13(18)12-8-6-5-7-11(12)9-10-16/h5-8H,4,9-10,16H2,1-3H3,(H,19,20). The second-order valence-corrected chi connectivity index (χ2v) is 5.11. The van der Waals surface area contributed by atoms with Crippen molar-refractivity contribution in [3.05, 3.63) is 35.4 Å². The number of amides is 1. The lowest BCUT2D eigenvalue weighted by Gasteiger charge is -2.34. The van der Waals surface area contributed by atoms with Crippen LogP contribution in [0.25, 0.3) is 0 Å². The van der Waals surface area contributed by atoms with Crippen LogP contribution in [0.1, 0.15) is 36.7 Å². The molecule has 1 amide bonds. The zero-order chi connectivity index (χ0) is 15.3. The van der Waals surface area contributed by atoms with E-state index >= 15 is 0 Å². The molecule has 0 atom stereocenters. The van der Waals surface area contributed by atoms with E-state index in [4.69, 9.17) is 5.73 Å². The van der Waals surface area contributed by atoms with Gasteiger partial charge in [0.2, 0.25) is 0 Å². The van der Waals surface area contributed by atoms with E-state index in [1.54, 1.807) is 19.1 Å². The molecule has 20 heavy (non-hydrogen) atoms. The summed E-state index contributed by atoms with van der Waals surface area (Å²) in [6.45, 7) is 5.60. The average molecular weight is 278 g/mol. The van der Waals surface area contributed by atoms with E-state index in [1.807, 2.05) is 12.1 Å². The van der Waals surface area contributed by atoms with Gasteiger partial charge >= 0.3 is 5.97 Å². The molecule has 0 aliphatic heterocycles. The molecule has 0 aliphatic carbocycles. The van der Waals surface area contributed by atoms with Crippen LogP contribution in [0.2, 0.25) is 0 Å².